The molecule has 0 aliphatic heterocycles. The first kappa shape index (κ1) is 17.3. The first-order valence-electron chi connectivity index (χ1n) is 10.6. The summed E-state index contributed by atoms with van der Waals surface area (Å²) >= 11 is 0. The zero-order chi connectivity index (χ0) is 21.2. The van der Waals surface area contributed by atoms with Gasteiger partial charge in [0.1, 0.15) is 5.52 Å². The molecule has 150 valence electrons. The third-order valence-corrected chi connectivity index (χ3v) is 6.29. The topological polar surface area (TPSA) is 38.8 Å². The second-order valence-corrected chi connectivity index (χ2v) is 8.02. The standard InChI is InChI=1S/C28H17N3O/c32-28-20-13-5-4-12-19(20)25(18-10-2-1-3-11-18)26-27-29-21-14-6-7-15-22(21)30(27)23-16-8-9-17-24(23)31(26)28/h1-17H. The van der Waals surface area contributed by atoms with Gasteiger partial charge in [0.15, 0.2) is 5.65 Å². The van der Waals surface area contributed by atoms with E-state index in [4.69, 9.17) is 4.98 Å². The number of hydrogen-bond donors (Lipinski definition) is 0. The lowest BCUT2D eigenvalue weighted by molar-refractivity contribution is 1.14. The molecule has 3 aromatic heterocycles. The Hall–Kier alpha value is -4.44. The molecule has 0 spiro atoms. The molecule has 0 bridgehead atoms. The number of benzene rings is 4. The number of para-hydroxylation sites is 4. The maximum atomic E-state index is 13.9. The molecule has 7 rings (SSSR count). The van der Waals surface area contributed by atoms with Gasteiger partial charge < -0.3 is 0 Å². The summed E-state index contributed by atoms with van der Waals surface area (Å²) in [5.41, 5.74) is 7.43. The number of nitrogens with zero attached hydrogens (tertiary/aromatic N) is 3. The second-order valence-electron chi connectivity index (χ2n) is 8.02. The van der Waals surface area contributed by atoms with Gasteiger partial charge in [0, 0.05) is 10.9 Å². The molecular formula is C28H17N3O. The smallest absolute Gasteiger partial charge is 0.263 e. The summed E-state index contributed by atoms with van der Waals surface area (Å²) in [7, 11) is 0. The van der Waals surface area contributed by atoms with Crippen molar-refractivity contribution in [3.05, 3.63) is 113 Å². The summed E-state index contributed by atoms with van der Waals surface area (Å²) in [5.74, 6) is 0. The van der Waals surface area contributed by atoms with E-state index in [1.165, 1.54) is 0 Å². The van der Waals surface area contributed by atoms with Gasteiger partial charge in [-0.3, -0.25) is 13.6 Å². The van der Waals surface area contributed by atoms with E-state index in [1.807, 2.05) is 83.3 Å². The van der Waals surface area contributed by atoms with Crippen molar-refractivity contribution in [1.82, 2.24) is 13.8 Å². The quantitative estimate of drug-likeness (QED) is 0.243. The minimum absolute atomic E-state index is 0.0268. The van der Waals surface area contributed by atoms with E-state index in [2.05, 4.69) is 28.7 Å². The number of hydrogen-bond acceptors (Lipinski definition) is 2. The highest BCUT2D eigenvalue weighted by Crippen LogP contribution is 2.36. The molecule has 3 heterocycles. The summed E-state index contributed by atoms with van der Waals surface area (Å²) in [6.45, 7) is 0. The number of pyridine rings is 1. The van der Waals surface area contributed by atoms with Crippen LogP contribution in [0, 0.1) is 0 Å². The summed E-state index contributed by atoms with van der Waals surface area (Å²) in [5, 5.41) is 1.64. The minimum Gasteiger partial charge on any atom is -0.289 e. The van der Waals surface area contributed by atoms with Gasteiger partial charge in [0.2, 0.25) is 0 Å². The molecule has 4 aromatic carbocycles. The maximum absolute atomic E-state index is 13.9. The molecule has 0 amide bonds. The van der Waals surface area contributed by atoms with Gasteiger partial charge in [0.25, 0.3) is 5.56 Å². The fourth-order valence-corrected chi connectivity index (χ4v) is 4.96. The van der Waals surface area contributed by atoms with Crippen molar-refractivity contribution in [3.8, 4) is 11.1 Å². The third kappa shape index (κ3) is 2.16. The van der Waals surface area contributed by atoms with E-state index >= 15 is 0 Å². The Kier molecular flexibility index (Phi) is 3.39. The summed E-state index contributed by atoms with van der Waals surface area (Å²) < 4.78 is 4.03. The van der Waals surface area contributed by atoms with Crippen LogP contribution in [0.4, 0.5) is 0 Å². The predicted molar refractivity (Wildman–Crippen MR) is 130 cm³/mol. The zero-order valence-electron chi connectivity index (χ0n) is 17.1. The van der Waals surface area contributed by atoms with Gasteiger partial charge in [-0.05, 0) is 41.3 Å². The lowest BCUT2D eigenvalue weighted by Gasteiger charge is -2.16. The monoisotopic (exact) mass is 411 g/mol. The highest BCUT2D eigenvalue weighted by molar-refractivity contribution is 6.10. The number of fused-ring (bicyclic) bond motifs is 9. The highest BCUT2D eigenvalue weighted by atomic mass is 16.1. The van der Waals surface area contributed by atoms with E-state index < -0.39 is 0 Å². The third-order valence-electron chi connectivity index (χ3n) is 6.29. The minimum atomic E-state index is -0.0268. The Labute approximate surface area is 182 Å². The van der Waals surface area contributed by atoms with Crippen molar-refractivity contribution < 1.29 is 0 Å². The van der Waals surface area contributed by atoms with Crippen LogP contribution in [0.2, 0.25) is 0 Å². The second kappa shape index (κ2) is 6.28. The van der Waals surface area contributed by atoms with Gasteiger partial charge in [-0.15, -0.1) is 0 Å². The van der Waals surface area contributed by atoms with Gasteiger partial charge in [-0.1, -0.05) is 72.8 Å². The maximum Gasteiger partial charge on any atom is 0.263 e. The molecule has 0 aliphatic carbocycles. The fraction of sp³-hybridized carbons (Fsp3) is 0. The lowest BCUT2D eigenvalue weighted by atomic mass is 9.98. The molecule has 0 saturated carbocycles. The molecule has 0 unspecified atom stereocenters. The van der Waals surface area contributed by atoms with E-state index in [0.717, 1.165) is 49.7 Å². The Morgan fingerprint density at radius 2 is 1.16 bits per heavy atom. The Balaban J connectivity index is 1.92. The van der Waals surface area contributed by atoms with Crippen LogP contribution in [-0.4, -0.2) is 13.8 Å². The van der Waals surface area contributed by atoms with Crippen LogP contribution in [0.25, 0.3) is 55.1 Å². The lowest BCUT2D eigenvalue weighted by Crippen LogP contribution is -2.17. The summed E-state index contributed by atoms with van der Waals surface area (Å²) in [4.78, 5) is 18.9. The number of rotatable bonds is 1. The molecule has 0 aliphatic rings. The molecule has 0 saturated heterocycles. The first-order chi connectivity index (χ1) is 15.8. The van der Waals surface area contributed by atoms with Crippen molar-refractivity contribution in [2.24, 2.45) is 0 Å². The van der Waals surface area contributed by atoms with Crippen LogP contribution in [0.5, 0.6) is 0 Å². The van der Waals surface area contributed by atoms with Gasteiger partial charge in [0.05, 0.1) is 22.1 Å². The molecule has 0 fully saturated rings. The van der Waals surface area contributed by atoms with Gasteiger partial charge in [-0.25, -0.2) is 4.98 Å². The zero-order valence-corrected chi connectivity index (χ0v) is 17.1. The van der Waals surface area contributed by atoms with Crippen molar-refractivity contribution >= 4 is 44.0 Å². The largest absolute Gasteiger partial charge is 0.289 e. The van der Waals surface area contributed by atoms with E-state index in [1.54, 1.807) is 0 Å². The van der Waals surface area contributed by atoms with Crippen LogP contribution in [0.1, 0.15) is 0 Å². The van der Waals surface area contributed by atoms with E-state index in [9.17, 15) is 4.79 Å². The SMILES string of the molecule is O=c1c2ccccc2c(-c2ccccc2)c2c3nc4ccccc4n3c3ccccc3n12. The van der Waals surface area contributed by atoms with E-state index in [-0.39, 0.29) is 5.56 Å². The Bertz CT molecular complexity index is 1900. The number of imidazole rings is 1. The number of aromatic nitrogens is 3. The van der Waals surface area contributed by atoms with Gasteiger partial charge >= 0.3 is 0 Å². The molecule has 0 radical (unpaired) electrons. The van der Waals surface area contributed by atoms with Crippen molar-refractivity contribution in [3.63, 3.8) is 0 Å². The molecular weight excluding hydrogens is 394 g/mol. The van der Waals surface area contributed by atoms with Crippen LogP contribution >= 0.6 is 0 Å². The van der Waals surface area contributed by atoms with Crippen LogP contribution < -0.4 is 5.56 Å². The Morgan fingerprint density at radius 3 is 1.94 bits per heavy atom. The molecule has 4 nitrogen and oxygen atoms in total. The Morgan fingerprint density at radius 1 is 0.562 bits per heavy atom. The summed E-state index contributed by atoms with van der Waals surface area (Å²) in [6.07, 6.45) is 0. The average molecular weight is 411 g/mol. The first-order valence-corrected chi connectivity index (χ1v) is 10.6. The fourth-order valence-electron chi connectivity index (χ4n) is 4.96. The van der Waals surface area contributed by atoms with Crippen molar-refractivity contribution in [2.75, 3.05) is 0 Å². The average Bonchev–Trinajstić information content (AvgIpc) is 3.25. The molecule has 4 heteroatoms. The normalized spacial score (nSPS) is 11.9. The molecule has 0 atom stereocenters. The molecule has 0 N–H and O–H groups in total. The van der Waals surface area contributed by atoms with E-state index in [0.29, 0.717) is 5.39 Å². The summed E-state index contributed by atoms with van der Waals surface area (Å²) in [6, 6.07) is 34.3. The van der Waals surface area contributed by atoms with Crippen molar-refractivity contribution in [2.45, 2.75) is 0 Å². The highest BCUT2D eigenvalue weighted by Gasteiger charge is 2.21. The molecule has 7 aromatic rings. The van der Waals surface area contributed by atoms with Crippen LogP contribution in [0.3, 0.4) is 0 Å². The predicted octanol–water partition coefficient (Wildman–Crippen LogP) is 6.07. The van der Waals surface area contributed by atoms with Crippen molar-refractivity contribution in [1.29, 1.82) is 0 Å². The van der Waals surface area contributed by atoms with Crippen LogP contribution in [-0.2, 0) is 0 Å². The molecule has 32 heavy (non-hydrogen) atoms. The van der Waals surface area contributed by atoms with Gasteiger partial charge in [-0.2, -0.15) is 0 Å². The van der Waals surface area contributed by atoms with Crippen LogP contribution in [0.15, 0.2) is 108 Å².